The van der Waals surface area contributed by atoms with Gasteiger partial charge in [0.25, 0.3) is 0 Å². The molecule has 106 valence electrons. The van der Waals surface area contributed by atoms with Crippen LogP contribution in [0.15, 0.2) is 30.9 Å². The Morgan fingerprint density at radius 1 is 1.37 bits per heavy atom. The molecule has 0 fully saturated rings. The Labute approximate surface area is 110 Å². The Balaban J connectivity index is 2.95. The van der Waals surface area contributed by atoms with Crippen molar-refractivity contribution in [3.8, 4) is 0 Å². The molecule has 0 aromatic heterocycles. The summed E-state index contributed by atoms with van der Waals surface area (Å²) in [6, 6.07) is 2.92. The molecular formula is C14H17F4N. The number of halogens is 4. The van der Waals surface area contributed by atoms with Gasteiger partial charge >= 0.3 is 6.18 Å². The summed E-state index contributed by atoms with van der Waals surface area (Å²) in [5.41, 5.74) is -0.769. The third-order valence-electron chi connectivity index (χ3n) is 2.95. The molecule has 0 radical (unpaired) electrons. The standard InChI is InChI=1S/C14H17F4N/c1-3-4-5-6-13(19-2)10-7-8-12(15)11(9-10)14(16,17)18/h3,7-9,13,19H,1,4-6H2,2H3. The molecule has 0 aliphatic rings. The van der Waals surface area contributed by atoms with Crippen molar-refractivity contribution in [2.75, 3.05) is 7.05 Å². The number of hydrogen-bond donors (Lipinski definition) is 1. The van der Waals surface area contributed by atoms with Crippen LogP contribution in [0.4, 0.5) is 17.6 Å². The number of benzene rings is 1. The van der Waals surface area contributed by atoms with Crippen LogP contribution in [0, 0.1) is 5.82 Å². The van der Waals surface area contributed by atoms with E-state index in [9.17, 15) is 17.6 Å². The highest BCUT2D eigenvalue weighted by Crippen LogP contribution is 2.33. The van der Waals surface area contributed by atoms with Crippen LogP contribution in [-0.2, 0) is 6.18 Å². The maximum atomic E-state index is 13.2. The van der Waals surface area contributed by atoms with Crippen molar-refractivity contribution in [2.24, 2.45) is 0 Å². The van der Waals surface area contributed by atoms with Gasteiger partial charge in [-0.05, 0) is 44.0 Å². The summed E-state index contributed by atoms with van der Waals surface area (Å²) >= 11 is 0. The highest BCUT2D eigenvalue weighted by atomic mass is 19.4. The first-order valence-corrected chi connectivity index (χ1v) is 6.05. The summed E-state index contributed by atoms with van der Waals surface area (Å²) in [5.74, 6) is -1.24. The molecule has 1 unspecified atom stereocenters. The highest BCUT2D eigenvalue weighted by Gasteiger charge is 2.34. The van der Waals surface area contributed by atoms with Gasteiger partial charge in [-0.2, -0.15) is 13.2 Å². The zero-order valence-electron chi connectivity index (χ0n) is 10.7. The molecule has 1 rings (SSSR count). The molecule has 0 aliphatic carbocycles. The Morgan fingerprint density at radius 3 is 2.58 bits per heavy atom. The minimum atomic E-state index is -4.67. The Morgan fingerprint density at radius 2 is 2.05 bits per heavy atom. The van der Waals surface area contributed by atoms with Gasteiger partial charge in [-0.3, -0.25) is 0 Å². The van der Waals surface area contributed by atoms with Crippen molar-refractivity contribution in [2.45, 2.75) is 31.5 Å². The smallest absolute Gasteiger partial charge is 0.313 e. The second kappa shape index (κ2) is 6.70. The van der Waals surface area contributed by atoms with Gasteiger partial charge < -0.3 is 5.32 Å². The van der Waals surface area contributed by atoms with Crippen LogP contribution in [0.3, 0.4) is 0 Å². The lowest BCUT2D eigenvalue weighted by Gasteiger charge is -2.18. The van der Waals surface area contributed by atoms with Crippen LogP contribution < -0.4 is 5.32 Å². The molecule has 19 heavy (non-hydrogen) atoms. The minimum absolute atomic E-state index is 0.221. The fraction of sp³-hybridized carbons (Fsp3) is 0.429. The van der Waals surface area contributed by atoms with Gasteiger partial charge in [0, 0.05) is 6.04 Å². The van der Waals surface area contributed by atoms with Crippen molar-refractivity contribution < 1.29 is 17.6 Å². The number of nitrogens with one attached hydrogen (secondary N) is 1. The number of unbranched alkanes of at least 4 members (excludes halogenated alkanes) is 1. The lowest BCUT2D eigenvalue weighted by Crippen LogP contribution is -2.18. The van der Waals surface area contributed by atoms with Gasteiger partial charge in [-0.15, -0.1) is 6.58 Å². The Bertz CT molecular complexity index is 426. The van der Waals surface area contributed by atoms with Crippen molar-refractivity contribution in [1.29, 1.82) is 0 Å². The van der Waals surface area contributed by atoms with Crippen LogP contribution in [0.25, 0.3) is 0 Å². The van der Waals surface area contributed by atoms with E-state index >= 15 is 0 Å². The van der Waals surface area contributed by atoms with E-state index in [-0.39, 0.29) is 6.04 Å². The molecule has 0 amide bonds. The molecule has 0 saturated heterocycles. The number of rotatable bonds is 6. The number of hydrogen-bond acceptors (Lipinski definition) is 1. The van der Waals surface area contributed by atoms with Gasteiger partial charge in [-0.25, -0.2) is 4.39 Å². The summed E-state index contributed by atoms with van der Waals surface area (Å²) in [7, 11) is 1.68. The van der Waals surface area contributed by atoms with Gasteiger partial charge in [-0.1, -0.05) is 12.1 Å². The summed E-state index contributed by atoms with van der Waals surface area (Å²) in [5, 5.41) is 2.95. The van der Waals surface area contributed by atoms with E-state index in [1.165, 1.54) is 6.07 Å². The third-order valence-corrected chi connectivity index (χ3v) is 2.95. The van der Waals surface area contributed by atoms with E-state index in [2.05, 4.69) is 11.9 Å². The molecule has 0 bridgehead atoms. The molecule has 0 saturated carbocycles. The SMILES string of the molecule is C=CCCCC(NC)c1ccc(F)c(C(F)(F)F)c1. The average Bonchev–Trinajstić information content (AvgIpc) is 2.34. The van der Waals surface area contributed by atoms with Crippen molar-refractivity contribution in [3.05, 3.63) is 47.8 Å². The van der Waals surface area contributed by atoms with Crippen molar-refractivity contribution >= 4 is 0 Å². The Kier molecular flexibility index (Phi) is 5.54. The molecule has 5 heteroatoms. The van der Waals surface area contributed by atoms with Gasteiger partial charge in [0.1, 0.15) is 5.82 Å². The van der Waals surface area contributed by atoms with E-state index in [1.807, 2.05) is 0 Å². The molecule has 1 aromatic carbocycles. The summed E-state index contributed by atoms with van der Waals surface area (Å²) in [6.45, 7) is 3.60. The number of alkyl halides is 3. The first-order valence-electron chi connectivity index (χ1n) is 6.05. The summed E-state index contributed by atoms with van der Waals surface area (Å²) in [4.78, 5) is 0. The van der Waals surface area contributed by atoms with Gasteiger partial charge in [0.15, 0.2) is 0 Å². The predicted octanol–water partition coefficient (Wildman–Crippen LogP) is 4.46. The molecule has 1 nitrogen and oxygen atoms in total. The van der Waals surface area contributed by atoms with Crippen LogP contribution in [-0.4, -0.2) is 7.05 Å². The molecule has 0 aliphatic heterocycles. The van der Waals surface area contributed by atoms with E-state index in [0.29, 0.717) is 12.0 Å². The molecular weight excluding hydrogens is 258 g/mol. The fourth-order valence-electron chi connectivity index (χ4n) is 1.92. The van der Waals surface area contributed by atoms with Crippen LogP contribution in [0.1, 0.15) is 36.4 Å². The topological polar surface area (TPSA) is 12.0 Å². The largest absolute Gasteiger partial charge is 0.419 e. The first-order chi connectivity index (χ1) is 8.90. The van der Waals surface area contributed by atoms with Crippen LogP contribution >= 0.6 is 0 Å². The molecule has 0 heterocycles. The lowest BCUT2D eigenvalue weighted by molar-refractivity contribution is -0.140. The third kappa shape index (κ3) is 4.35. The normalized spacial score (nSPS) is 13.3. The summed E-state index contributed by atoms with van der Waals surface area (Å²) < 4.78 is 51.1. The second-order valence-electron chi connectivity index (χ2n) is 4.30. The van der Waals surface area contributed by atoms with E-state index in [0.717, 1.165) is 25.0 Å². The highest BCUT2D eigenvalue weighted by molar-refractivity contribution is 5.29. The maximum Gasteiger partial charge on any atom is 0.419 e. The van der Waals surface area contributed by atoms with Crippen molar-refractivity contribution in [3.63, 3.8) is 0 Å². The monoisotopic (exact) mass is 275 g/mol. The zero-order valence-corrected chi connectivity index (χ0v) is 10.7. The molecule has 1 atom stereocenters. The first kappa shape index (κ1) is 15.7. The fourth-order valence-corrected chi connectivity index (χ4v) is 1.92. The average molecular weight is 275 g/mol. The molecule has 1 N–H and O–H groups in total. The quantitative estimate of drug-likeness (QED) is 0.459. The van der Waals surface area contributed by atoms with Crippen LogP contribution in [0.5, 0.6) is 0 Å². The molecule has 0 spiro atoms. The lowest BCUT2D eigenvalue weighted by atomic mass is 9.98. The second-order valence-corrected chi connectivity index (χ2v) is 4.30. The van der Waals surface area contributed by atoms with Gasteiger partial charge in [0.05, 0.1) is 5.56 Å². The van der Waals surface area contributed by atoms with Crippen LogP contribution in [0.2, 0.25) is 0 Å². The predicted molar refractivity (Wildman–Crippen MR) is 67.3 cm³/mol. The van der Waals surface area contributed by atoms with Crippen molar-refractivity contribution in [1.82, 2.24) is 5.32 Å². The molecule has 1 aromatic rings. The van der Waals surface area contributed by atoms with Gasteiger partial charge in [0.2, 0.25) is 0 Å². The number of allylic oxidation sites excluding steroid dienone is 1. The van der Waals surface area contributed by atoms with E-state index in [1.54, 1.807) is 13.1 Å². The minimum Gasteiger partial charge on any atom is -0.313 e. The Hall–Kier alpha value is -1.36. The van der Waals surface area contributed by atoms with E-state index < -0.39 is 17.6 Å². The summed E-state index contributed by atoms with van der Waals surface area (Å²) in [6.07, 6.45) is -0.622. The maximum absolute atomic E-state index is 13.2. The van der Waals surface area contributed by atoms with E-state index in [4.69, 9.17) is 0 Å². The zero-order chi connectivity index (χ0) is 14.5.